The first-order chi connectivity index (χ1) is 7.83. The molecule has 3 nitrogen and oxygen atoms in total. The quantitative estimate of drug-likeness (QED) is 0.790. The average Bonchev–Trinajstić information content (AvgIpc) is 2.34. The molecule has 1 N–H and O–H groups in total. The molecule has 0 spiro atoms. The molecule has 1 aliphatic heterocycles. The molecule has 3 heteroatoms. The van der Waals surface area contributed by atoms with E-state index in [9.17, 15) is 4.79 Å². The molecule has 2 aliphatic rings. The van der Waals surface area contributed by atoms with Crippen molar-refractivity contribution < 1.29 is 4.79 Å². The summed E-state index contributed by atoms with van der Waals surface area (Å²) in [6, 6.07) is 0.875. The van der Waals surface area contributed by atoms with E-state index in [1.807, 2.05) is 0 Å². The topological polar surface area (TPSA) is 32.3 Å². The maximum absolute atomic E-state index is 12.0. The summed E-state index contributed by atoms with van der Waals surface area (Å²) < 4.78 is 0. The van der Waals surface area contributed by atoms with Gasteiger partial charge in [-0.2, -0.15) is 0 Å². The first-order valence-corrected chi connectivity index (χ1v) is 6.82. The number of ketones is 1. The molecule has 16 heavy (non-hydrogen) atoms. The number of piperidine rings is 1. The Hall–Kier alpha value is -0.410. The second-order valence-electron chi connectivity index (χ2n) is 5.04. The number of Topliss-reactive ketones (excluding diaryl/α,β-unsaturated/α-hetero) is 1. The number of hydrogen-bond acceptors (Lipinski definition) is 3. The normalized spacial score (nSPS) is 28.6. The van der Waals surface area contributed by atoms with E-state index < -0.39 is 0 Å². The van der Waals surface area contributed by atoms with Crippen molar-refractivity contribution in [3.8, 4) is 0 Å². The smallest absolute Gasteiger partial charge is 0.149 e. The van der Waals surface area contributed by atoms with Crippen LogP contribution in [0.2, 0.25) is 0 Å². The fourth-order valence-corrected chi connectivity index (χ4v) is 3.19. The van der Waals surface area contributed by atoms with Gasteiger partial charge in [0.1, 0.15) is 5.78 Å². The summed E-state index contributed by atoms with van der Waals surface area (Å²) in [5.74, 6) is 0.492. The number of carbonyl (C=O) groups excluding carboxylic acids is 1. The summed E-state index contributed by atoms with van der Waals surface area (Å²) >= 11 is 0. The molecule has 0 bridgehead atoms. The summed E-state index contributed by atoms with van der Waals surface area (Å²) in [5.41, 5.74) is 0. The number of hydrogen-bond donors (Lipinski definition) is 1. The minimum Gasteiger partial charge on any atom is -0.317 e. The Morgan fingerprint density at radius 1 is 1.25 bits per heavy atom. The van der Waals surface area contributed by atoms with Crippen molar-refractivity contribution in [3.05, 3.63) is 0 Å². The second kappa shape index (κ2) is 5.78. The number of nitrogens with zero attached hydrogens (tertiary/aromatic N) is 1. The summed E-state index contributed by atoms with van der Waals surface area (Å²) in [5, 5.41) is 3.40. The molecule has 0 amide bonds. The number of likely N-dealkylation sites (N-methyl/N-ethyl adjacent to an activating group) is 1. The van der Waals surface area contributed by atoms with E-state index in [4.69, 9.17) is 0 Å². The van der Waals surface area contributed by atoms with Gasteiger partial charge in [0.05, 0.1) is 6.04 Å². The third kappa shape index (κ3) is 2.64. The Morgan fingerprint density at radius 2 is 2.00 bits per heavy atom. The molecule has 1 atom stereocenters. The zero-order valence-corrected chi connectivity index (χ0v) is 10.4. The molecule has 1 unspecified atom stereocenters. The van der Waals surface area contributed by atoms with Crippen molar-refractivity contribution in [2.75, 3.05) is 19.6 Å². The standard InChI is InChI=1S/C13H24N2O/c1-2-15(11-7-9-14-10-8-11)12-5-3-4-6-13(12)16/h11-12,14H,2-10H2,1H3. The van der Waals surface area contributed by atoms with Crippen LogP contribution < -0.4 is 5.32 Å². The van der Waals surface area contributed by atoms with E-state index in [1.54, 1.807) is 0 Å². The van der Waals surface area contributed by atoms with E-state index in [1.165, 1.54) is 19.3 Å². The van der Waals surface area contributed by atoms with E-state index >= 15 is 0 Å². The first kappa shape index (κ1) is 12.1. The van der Waals surface area contributed by atoms with Crippen molar-refractivity contribution in [1.82, 2.24) is 10.2 Å². The Morgan fingerprint density at radius 3 is 2.62 bits per heavy atom. The molecule has 0 aromatic heterocycles. The van der Waals surface area contributed by atoms with Gasteiger partial charge in [-0.15, -0.1) is 0 Å². The highest BCUT2D eigenvalue weighted by atomic mass is 16.1. The van der Waals surface area contributed by atoms with E-state index in [0.29, 0.717) is 11.8 Å². The van der Waals surface area contributed by atoms with Gasteiger partial charge in [0, 0.05) is 12.5 Å². The van der Waals surface area contributed by atoms with Gasteiger partial charge in [0.25, 0.3) is 0 Å². The van der Waals surface area contributed by atoms with Crippen molar-refractivity contribution in [1.29, 1.82) is 0 Å². The SMILES string of the molecule is CCN(C1CCNCC1)C1CCCCC1=O. The largest absolute Gasteiger partial charge is 0.317 e. The van der Waals surface area contributed by atoms with Gasteiger partial charge in [0.15, 0.2) is 0 Å². The van der Waals surface area contributed by atoms with Gasteiger partial charge < -0.3 is 5.32 Å². The molecule has 92 valence electrons. The van der Waals surface area contributed by atoms with Crippen LogP contribution in [0.1, 0.15) is 45.4 Å². The first-order valence-electron chi connectivity index (χ1n) is 6.82. The van der Waals surface area contributed by atoms with Gasteiger partial charge in [-0.05, 0) is 45.3 Å². The van der Waals surface area contributed by atoms with Crippen molar-refractivity contribution >= 4 is 5.78 Å². The Balaban J connectivity index is 1.99. The summed E-state index contributed by atoms with van der Waals surface area (Å²) in [6.07, 6.45) is 6.66. The van der Waals surface area contributed by atoms with Crippen LogP contribution in [0.4, 0.5) is 0 Å². The molecule has 1 aliphatic carbocycles. The second-order valence-corrected chi connectivity index (χ2v) is 5.04. The van der Waals surface area contributed by atoms with Crippen LogP contribution in [0.25, 0.3) is 0 Å². The number of nitrogens with one attached hydrogen (secondary N) is 1. The summed E-state index contributed by atoms with van der Waals surface area (Å²) in [7, 11) is 0. The van der Waals surface area contributed by atoms with E-state index in [2.05, 4.69) is 17.1 Å². The molecule has 1 saturated heterocycles. The minimum atomic E-state index is 0.238. The maximum Gasteiger partial charge on any atom is 0.149 e. The molecule has 0 aromatic carbocycles. The van der Waals surface area contributed by atoms with E-state index in [0.717, 1.165) is 38.9 Å². The molecule has 0 aromatic rings. The molecule has 1 heterocycles. The lowest BCUT2D eigenvalue weighted by Gasteiger charge is -2.40. The van der Waals surface area contributed by atoms with Gasteiger partial charge in [-0.3, -0.25) is 9.69 Å². The lowest BCUT2D eigenvalue weighted by atomic mass is 9.90. The maximum atomic E-state index is 12.0. The fraction of sp³-hybridized carbons (Fsp3) is 0.923. The fourth-order valence-electron chi connectivity index (χ4n) is 3.19. The van der Waals surface area contributed by atoms with Crippen molar-refractivity contribution in [2.45, 2.75) is 57.5 Å². The predicted molar refractivity (Wildman–Crippen MR) is 65.5 cm³/mol. The lowest BCUT2D eigenvalue weighted by Crippen LogP contribution is -2.51. The highest BCUT2D eigenvalue weighted by Gasteiger charge is 2.32. The molecule has 2 rings (SSSR count). The molecular formula is C13H24N2O. The Labute approximate surface area is 98.6 Å². The highest BCUT2D eigenvalue weighted by Crippen LogP contribution is 2.24. The van der Waals surface area contributed by atoms with Gasteiger partial charge >= 0.3 is 0 Å². The monoisotopic (exact) mass is 224 g/mol. The molecule has 0 radical (unpaired) electrons. The van der Waals surface area contributed by atoms with Crippen molar-refractivity contribution in [3.63, 3.8) is 0 Å². The molecular weight excluding hydrogens is 200 g/mol. The number of rotatable bonds is 3. The van der Waals surface area contributed by atoms with Crippen LogP contribution in [0.5, 0.6) is 0 Å². The van der Waals surface area contributed by atoms with Crippen LogP contribution in [-0.4, -0.2) is 42.4 Å². The van der Waals surface area contributed by atoms with Crippen LogP contribution in [-0.2, 0) is 4.79 Å². The van der Waals surface area contributed by atoms with Crippen LogP contribution in [0, 0.1) is 0 Å². The summed E-state index contributed by atoms with van der Waals surface area (Å²) in [4.78, 5) is 14.5. The zero-order valence-electron chi connectivity index (χ0n) is 10.4. The summed E-state index contributed by atoms with van der Waals surface area (Å²) in [6.45, 7) is 5.45. The van der Waals surface area contributed by atoms with Crippen LogP contribution >= 0.6 is 0 Å². The lowest BCUT2D eigenvalue weighted by molar-refractivity contribution is -0.127. The van der Waals surface area contributed by atoms with Gasteiger partial charge in [0.2, 0.25) is 0 Å². The highest BCUT2D eigenvalue weighted by molar-refractivity contribution is 5.84. The van der Waals surface area contributed by atoms with E-state index in [-0.39, 0.29) is 6.04 Å². The Bertz CT molecular complexity index is 236. The number of carbonyl (C=O) groups is 1. The molecule has 1 saturated carbocycles. The van der Waals surface area contributed by atoms with Crippen LogP contribution in [0.15, 0.2) is 0 Å². The zero-order chi connectivity index (χ0) is 11.4. The van der Waals surface area contributed by atoms with Gasteiger partial charge in [-0.1, -0.05) is 13.3 Å². The molecule has 2 fully saturated rings. The third-order valence-corrected chi connectivity index (χ3v) is 4.07. The average molecular weight is 224 g/mol. The van der Waals surface area contributed by atoms with Crippen LogP contribution in [0.3, 0.4) is 0 Å². The minimum absolute atomic E-state index is 0.238. The predicted octanol–water partition coefficient (Wildman–Crippen LogP) is 1.57. The third-order valence-electron chi connectivity index (χ3n) is 4.07. The Kier molecular flexibility index (Phi) is 4.36. The van der Waals surface area contributed by atoms with Crippen molar-refractivity contribution in [2.24, 2.45) is 0 Å². The van der Waals surface area contributed by atoms with Gasteiger partial charge in [-0.25, -0.2) is 0 Å².